The molecule has 1 aliphatic rings. The number of para-hydroxylation sites is 1. The molecule has 1 aliphatic heterocycles. The summed E-state index contributed by atoms with van der Waals surface area (Å²) in [5.74, 6) is 0.231. The fourth-order valence-corrected chi connectivity index (χ4v) is 3.73. The van der Waals surface area contributed by atoms with E-state index in [4.69, 9.17) is 4.52 Å². The number of rotatable bonds is 6. The third-order valence-corrected chi connectivity index (χ3v) is 5.63. The van der Waals surface area contributed by atoms with Crippen LogP contribution in [0.2, 0.25) is 0 Å². The number of nitrogens with zero attached hydrogens (tertiary/aromatic N) is 2. The molecule has 1 aromatic heterocycles. The number of hydrogen-bond donors (Lipinski definition) is 2. The molecule has 2 atom stereocenters. The number of aromatic nitrogens is 1. The van der Waals surface area contributed by atoms with Crippen LogP contribution in [0.25, 0.3) is 11.3 Å². The number of carbonyl (C=O) groups is 2. The van der Waals surface area contributed by atoms with E-state index in [2.05, 4.69) is 15.8 Å². The second-order valence-electron chi connectivity index (χ2n) is 7.71. The smallest absolute Gasteiger partial charge is 0.249 e. The standard InChI is InChI=1S/C24H26N4O3/c1-16(25-2)23(29)26-20-13-12-18-10-6-7-11-22(18)28(24(20)30)15-19-14-21(27-31-19)17-8-4-3-5-9-17/h3-11,14,16,20,25H,12-13,15H2,1-2H3,(H,26,29)/t16?,20-/m0/s1. The summed E-state index contributed by atoms with van der Waals surface area (Å²) < 4.78 is 5.56. The minimum absolute atomic E-state index is 0.153. The molecule has 4 rings (SSSR count). The molecule has 0 saturated heterocycles. The van der Waals surface area contributed by atoms with Crippen molar-refractivity contribution in [1.82, 2.24) is 15.8 Å². The van der Waals surface area contributed by atoms with Crippen LogP contribution in [0.15, 0.2) is 65.2 Å². The quantitative estimate of drug-likeness (QED) is 0.643. The second-order valence-corrected chi connectivity index (χ2v) is 7.71. The van der Waals surface area contributed by atoms with E-state index < -0.39 is 6.04 Å². The van der Waals surface area contributed by atoms with Gasteiger partial charge in [-0.2, -0.15) is 0 Å². The zero-order chi connectivity index (χ0) is 21.8. The predicted octanol–water partition coefficient (Wildman–Crippen LogP) is 2.91. The molecule has 31 heavy (non-hydrogen) atoms. The third-order valence-electron chi connectivity index (χ3n) is 5.63. The van der Waals surface area contributed by atoms with Crippen molar-refractivity contribution in [3.05, 3.63) is 72.0 Å². The Labute approximate surface area is 181 Å². The minimum atomic E-state index is -0.604. The SMILES string of the molecule is CNC(C)C(=O)N[C@H]1CCc2ccccc2N(Cc2cc(-c3ccccc3)no2)C1=O. The van der Waals surface area contributed by atoms with E-state index in [9.17, 15) is 9.59 Å². The molecule has 160 valence electrons. The lowest BCUT2D eigenvalue weighted by atomic mass is 10.1. The van der Waals surface area contributed by atoms with Gasteiger partial charge in [0.2, 0.25) is 11.8 Å². The van der Waals surface area contributed by atoms with E-state index in [0.29, 0.717) is 18.6 Å². The van der Waals surface area contributed by atoms with Gasteiger partial charge >= 0.3 is 0 Å². The molecular formula is C24H26N4O3. The fraction of sp³-hybridized carbons (Fsp3) is 0.292. The Morgan fingerprint density at radius 2 is 1.94 bits per heavy atom. The Kier molecular flexibility index (Phi) is 6.13. The maximum atomic E-state index is 13.5. The molecule has 0 aliphatic carbocycles. The van der Waals surface area contributed by atoms with Gasteiger partial charge in [0.25, 0.3) is 0 Å². The van der Waals surface area contributed by atoms with Crippen LogP contribution in [0.4, 0.5) is 5.69 Å². The summed E-state index contributed by atoms with van der Waals surface area (Å²) in [5, 5.41) is 9.98. The topological polar surface area (TPSA) is 87.5 Å². The summed E-state index contributed by atoms with van der Waals surface area (Å²) >= 11 is 0. The van der Waals surface area contributed by atoms with Crippen LogP contribution in [0.1, 0.15) is 24.7 Å². The molecule has 2 aromatic carbocycles. The number of anilines is 1. The molecule has 7 nitrogen and oxygen atoms in total. The monoisotopic (exact) mass is 418 g/mol. The second kappa shape index (κ2) is 9.14. The van der Waals surface area contributed by atoms with E-state index >= 15 is 0 Å². The Balaban J connectivity index is 1.61. The summed E-state index contributed by atoms with van der Waals surface area (Å²) in [6, 6.07) is 18.5. The lowest BCUT2D eigenvalue weighted by Gasteiger charge is -2.26. The van der Waals surface area contributed by atoms with Crippen molar-refractivity contribution < 1.29 is 14.1 Å². The van der Waals surface area contributed by atoms with Gasteiger partial charge in [-0.1, -0.05) is 53.7 Å². The molecule has 3 aromatic rings. The molecule has 0 fully saturated rings. The predicted molar refractivity (Wildman–Crippen MR) is 118 cm³/mol. The summed E-state index contributed by atoms with van der Waals surface area (Å²) in [7, 11) is 1.72. The summed E-state index contributed by atoms with van der Waals surface area (Å²) in [4.78, 5) is 27.6. The van der Waals surface area contributed by atoms with Crippen molar-refractivity contribution in [3.8, 4) is 11.3 Å². The number of likely N-dealkylation sites (N-methyl/N-ethyl adjacent to an activating group) is 1. The number of nitrogens with one attached hydrogen (secondary N) is 2. The van der Waals surface area contributed by atoms with Crippen LogP contribution in [0, 0.1) is 0 Å². The van der Waals surface area contributed by atoms with Gasteiger partial charge in [-0.25, -0.2) is 0 Å². The first kappa shape index (κ1) is 20.8. The zero-order valence-electron chi connectivity index (χ0n) is 17.7. The molecule has 0 radical (unpaired) electrons. The van der Waals surface area contributed by atoms with Gasteiger partial charge in [0.1, 0.15) is 11.7 Å². The molecular weight excluding hydrogens is 392 g/mol. The molecule has 0 bridgehead atoms. The average Bonchev–Trinajstić information content (AvgIpc) is 3.24. The number of aryl methyl sites for hydroxylation is 1. The van der Waals surface area contributed by atoms with E-state index in [-0.39, 0.29) is 24.4 Å². The first-order chi connectivity index (χ1) is 15.1. The highest BCUT2D eigenvalue weighted by Crippen LogP contribution is 2.29. The van der Waals surface area contributed by atoms with Crippen molar-refractivity contribution >= 4 is 17.5 Å². The normalized spacial score (nSPS) is 17.0. The molecule has 2 heterocycles. The van der Waals surface area contributed by atoms with Crippen LogP contribution >= 0.6 is 0 Å². The van der Waals surface area contributed by atoms with Crippen LogP contribution in [0.3, 0.4) is 0 Å². The third kappa shape index (κ3) is 4.51. The van der Waals surface area contributed by atoms with Crippen molar-refractivity contribution in [3.63, 3.8) is 0 Å². The maximum Gasteiger partial charge on any atom is 0.249 e. The molecule has 0 saturated carbocycles. The number of fused-ring (bicyclic) bond motifs is 1. The Hall–Kier alpha value is -3.45. The van der Waals surface area contributed by atoms with E-state index in [1.807, 2.05) is 60.7 Å². The van der Waals surface area contributed by atoms with E-state index in [0.717, 1.165) is 22.5 Å². The van der Waals surface area contributed by atoms with Gasteiger partial charge in [0, 0.05) is 17.3 Å². The van der Waals surface area contributed by atoms with Crippen molar-refractivity contribution in [2.75, 3.05) is 11.9 Å². The van der Waals surface area contributed by atoms with Gasteiger partial charge < -0.3 is 20.1 Å². The first-order valence-electron chi connectivity index (χ1n) is 10.4. The molecule has 1 unspecified atom stereocenters. The Morgan fingerprint density at radius 1 is 1.19 bits per heavy atom. The van der Waals surface area contributed by atoms with Gasteiger partial charge in [-0.15, -0.1) is 0 Å². The fourth-order valence-electron chi connectivity index (χ4n) is 3.73. The van der Waals surface area contributed by atoms with Gasteiger partial charge in [0.15, 0.2) is 5.76 Å². The highest BCUT2D eigenvalue weighted by molar-refractivity contribution is 6.00. The van der Waals surface area contributed by atoms with Crippen LogP contribution < -0.4 is 15.5 Å². The molecule has 7 heteroatoms. The minimum Gasteiger partial charge on any atom is -0.359 e. The lowest BCUT2D eigenvalue weighted by Crippen LogP contribution is -2.52. The first-order valence-corrected chi connectivity index (χ1v) is 10.4. The Morgan fingerprint density at radius 3 is 2.71 bits per heavy atom. The average molecular weight is 418 g/mol. The maximum absolute atomic E-state index is 13.5. The van der Waals surface area contributed by atoms with Gasteiger partial charge in [0.05, 0.1) is 12.6 Å². The summed E-state index contributed by atoms with van der Waals surface area (Å²) in [6.45, 7) is 2.01. The number of benzene rings is 2. The van der Waals surface area contributed by atoms with Crippen molar-refractivity contribution in [1.29, 1.82) is 0 Å². The Bertz CT molecular complexity index is 1060. The molecule has 0 spiro atoms. The highest BCUT2D eigenvalue weighted by atomic mass is 16.5. The van der Waals surface area contributed by atoms with Crippen molar-refractivity contribution in [2.45, 2.75) is 38.4 Å². The zero-order valence-corrected chi connectivity index (χ0v) is 17.7. The largest absolute Gasteiger partial charge is 0.359 e. The number of hydrogen-bond acceptors (Lipinski definition) is 5. The van der Waals surface area contributed by atoms with Crippen LogP contribution in [0.5, 0.6) is 0 Å². The van der Waals surface area contributed by atoms with Gasteiger partial charge in [-0.05, 0) is 38.4 Å². The number of amides is 2. The lowest BCUT2D eigenvalue weighted by molar-refractivity contribution is -0.128. The molecule has 2 N–H and O–H groups in total. The number of carbonyl (C=O) groups excluding carboxylic acids is 2. The summed E-state index contributed by atoms with van der Waals surface area (Å²) in [5.41, 5.74) is 3.57. The van der Waals surface area contributed by atoms with Crippen LogP contribution in [-0.4, -0.2) is 36.1 Å². The van der Waals surface area contributed by atoms with Crippen molar-refractivity contribution in [2.24, 2.45) is 0 Å². The highest BCUT2D eigenvalue weighted by Gasteiger charge is 2.32. The van der Waals surface area contributed by atoms with Gasteiger partial charge in [-0.3, -0.25) is 9.59 Å². The van der Waals surface area contributed by atoms with E-state index in [1.54, 1.807) is 18.9 Å². The van der Waals surface area contributed by atoms with Crippen LogP contribution in [-0.2, 0) is 22.6 Å². The molecule has 2 amide bonds. The van der Waals surface area contributed by atoms with E-state index in [1.165, 1.54) is 0 Å². The summed E-state index contributed by atoms with van der Waals surface area (Å²) in [6.07, 6.45) is 1.24.